The van der Waals surface area contributed by atoms with E-state index in [-0.39, 0.29) is 12.3 Å². The summed E-state index contributed by atoms with van der Waals surface area (Å²) in [5.74, 6) is -0.605. The van der Waals surface area contributed by atoms with Gasteiger partial charge >= 0.3 is 0 Å². The molecule has 0 saturated carbocycles. The van der Waals surface area contributed by atoms with Crippen LogP contribution >= 0.6 is 0 Å². The van der Waals surface area contributed by atoms with E-state index in [4.69, 9.17) is 0 Å². The number of nitrogens with one attached hydrogen (secondary N) is 4. The summed E-state index contributed by atoms with van der Waals surface area (Å²) >= 11 is 0. The number of rotatable bonds is 4. The molecule has 1 aromatic heterocycles. The minimum atomic E-state index is -0.964. The summed E-state index contributed by atoms with van der Waals surface area (Å²) < 4.78 is 0. The predicted octanol–water partition coefficient (Wildman–Crippen LogP) is 1.55. The lowest BCUT2D eigenvalue weighted by Crippen LogP contribution is -2.43. The third-order valence-electron chi connectivity index (χ3n) is 4.30. The van der Waals surface area contributed by atoms with Gasteiger partial charge in [0, 0.05) is 11.3 Å². The van der Waals surface area contributed by atoms with Gasteiger partial charge in [0.25, 0.3) is 5.91 Å². The van der Waals surface area contributed by atoms with Crippen LogP contribution in [0.3, 0.4) is 0 Å². The van der Waals surface area contributed by atoms with Crippen LogP contribution in [0.1, 0.15) is 16.8 Å². The molecule has 3 amide bonds. The Bertz CT molecular complexity index is 1030. The summed E-state index contributed by atoms with van der Waals surface area (Å²) in [6.07, 6.45) is 1.23. The van der Waals surface area contributed by atoms with E-state index < -0.39 is 17.9 Å². The lowest BCUT2D eigenvalue weighted by atomic mass is 10.1. The topological polar surface area (TPSA) is 129 Å². The summed E-state index contributed by atoms with van der Waals surface area (Å²) in [6.45, 7) is 0. The molecule has 0 bridgehead atoms. The van der Waals surface area contributed by atoms with Crippen LogP contribution in [0.5, 0.6) is 0 Å². The lowest BCUT2D eigenvalue weighted by Gasteiger charge is -2.14. The summed E-state index contributed by atoms with van der Waals surface area (Å²) in [6, 6.07) is 12.7. The largest absolute Gasteiger partial charge is 0.340 e. The highest BCUT2D eigenvalue weighted by atomic mass is 16.2. The fourth-order valence-corrected chi connectivity index (χ4v) is 2.91. The second-order valence-corrected chi connectivity index (χ2v) is 6.22. The average molecular weight is 376 g/mol. The molecule has 0 saturated heterocycles. The van der Waals surface area contributed by atoms with E-state index >= 15 is 0 Å². The molecule has 0 aliphatic carbocycles. The quantitative estimate of drug-likeness (QED) is 0.549. The number of carbonyl (C=O) groups excluding carboxylic acids is 3. The van der Waals surface area contributed by atoms with Crippen molar-refractivity contribution in [2.75, 3.05) is 10.6 Å². The number of para-hydroxylation sites is 1. The molecule has 1 aliphatic rings. The number of aromatic amines is 1. The van der Waals surface area contributed by atoms with Gasteiger partial charge < -0.3 is 16.0 Å². The maximum atomic E-state index is 12.4. The maximum Gasteiger partial charge on any atom is 0.254 e. The molecule has 4 rings (SSSR count). The van der Waals surface area contributed by atoms with E-state index in [1.807, 2.05) is 0 Å². The van der Waals surface area contributed by atoms with Gasteiger partial charge in [-0.2, -0.15) is 5.10 Å². The van der Waals surface area contributed by atoms with Crippen molar-refractivity contribution < 1.29 is 14.4 Å². The molecule has 1 aliphatic heterocycles. The standard InChI is InChI=1S/C19H16N6O3/c26-16(22-12-7-5-11(6-8-12)17-20-10-21-25-17)9-15-19(28)23-14-4-2-1-3-13(14)18(27)24-15/h1-8,10,15H,9H2,(H,22,26)(H,23,28)(H,24,27)(H,20,21,25)/t15-/m0/s1. The number of benzene rings is 2. The van der Waals surface area contributed by atoms with Crippen LogP contribution in [-0.2, 0) is 9.59 Å². The number of carbonyl (C=O) groups is 3. The first-order chi connectivity index (χ1) is 13.6. The molecule has 0 spiro atoms. The third kappa shape index (κ3) is 3.58. The number of hydrogen-bond acceptors (Lipinski definition) is 5. The number of aromatic nitrogens is 3. The first-order valence-corrected chi connectivity index (χ1v) is 8.56. The average Bonchev–Trinajstić information content (AvgIpc) is 3.19. The number of amides is 3. The van der Waals surface area contributed by atoms with E-state index in [1.165, 1.54) is 6.33 Å². The highest BCUT2D eigenvalue weighted by Crippen LogP contribution is 2.20. The van der Waals surface area contributed by atoms with Gasteiger partial charge in [0.1, 0.15) is 12.4 Å². The van der Waals surface area contributed by atoms with Gasteiger partial charge in [0.05, 0.1) is 17.7 Å². The zero-order valence-corrected chi connectivity index (χ0v) is 14.6. The van der Waals surface area contributed by atoms with E-state index in [2.05, 4.69) is 31.1 Å². The smallest absolute Gasteiger partial charge is 0.254 e. The predicted molar refractivity (Wildman–Crippen MR) is 101 cm³/mol. The Labute approximate surface area is 159 Å². The number of fused-ring (bicyclic) bond motifs is 1. The zero-order chi connectivity index (χ0) is 19.5. The van der Waals surface area contributed by atoms with Gasteiger partial charge in [-0.25, -0.2) is 4.98 Å². The molecule has 140 valence electrons. The van der Waals surface area contributed by atoms with Crippen molar-refractivity contribution in [1.29, 1.82) is 0 Å². The van der Waals surface area contributed by atoms with E-state index in [0.29, 0.717) is 22.8 Å². The van der Waals surface area contributed by atoms with Crippen LogP contribution in [0.2, 0.25) is 0 Å². The minimum Gasteiger partial charge on any atom is -0.340 e. The maximum absolute atomic E-state index is 12.4. The molecular formula is C19H16N6O3. The molecule has 9 heteroatoms. The highest BCUT2D eigenvalue weighted by Gasteiger charge is 2.29. The van der Waals surface area contributed by atoms with Crippen LogP contribution in [-0.4, -0.2) is 38.9 Å². The lowest BCUT2D eigenvalue weighted by molar-refractivity contribution is -0.122. The van der Waals surface area contributed by atoms with Gasteiger partial charge in [-0.3, -0.25) is 19.5 Å². The minimum absolute atomic E-state index is 0.185. The molecule has 0 unspecified atom stereocenters. The van der Waals surface area contributed by atoms with Gasteiger partial charge in [-0.1, -0.05) is 12.1 Å². The molecule has 9 nitrogen and oxygen atoms in total. The van der Waals surface area contributed by atoms with E-state index in [9.17, 15) is 14.4 Å². The van der Waals surface area contributed by atoms with Crippen LogP contribution in [0.15, 0.2) is 54.9 Å². The molecule has 2 aromatic carbocycles. The van der Waals surface area contributed by atoms with Gasteiger partial charge in [0.2, 0.25) is 11.8 Å². The van der Waals surface area contributed by atoms with Crippen molar-refractivity contribution in [2.45, 2.75) is 12.5 Å². The van der Waals surface area contributed by atoms with Gasteiger partial charge in [-0.15, -0.1) is 0 Å². The summed E-state index contributed by atoms with van der Waals surface area (Å²) in [4.78, 5) is 41.1. The number of anilines is 2. The number of hydrogen-bond donors (Lipinski definition) is 4. The molecule has 0 radical (unpaired) electrons. The fourth-order valence-electron chi connectivity index (χ4n) is 2.91. The van der Waals surface area contributed by atoms with Crippen molar-refractivity contribution in [1.82, 2.24) is 20.5 Å². The molecule has 28 heavy (non-hydrogen) atoms. The van der Waals surface area contributed by atoms with Crippen LogP contribution in [0.4, 0.5) is 11.4 Å². The van der Waals surface area contributed by atoms with Crippen molar-refractivity contribution in [2.24, 2.45) is 0 Å². The first kappa shape index (κ1) is 17.4. The zero-order valence-electron chi connectivity index (χ0n) is 14.6. The second kappa shape index (κ2) is 7.31. The summed E-state index contributed by atoms with van der Waals surface area (Å²) in [5.41, 5.74) is 2.18. The van der Waals surface area contributed by atoms with E-state index in [0.717, 1.165) is 5.56 Å². The van der Waals surface area contributed by atoms with Crippen LogP contribution < -0.4 is 16.0 Å². The Morgan fingerprint density at radius 1 is 1.07 bits per heavy atom. The fraction of sp³-hybridized carbons (Fsp3) is 0.105. The van der Waals surface area contributed by atoms with Crippen LogP contribution in [0, 0.1) is 0 Å². The Hall–Kier alpha value is -4.01. The monoisotopic (exact) mass is 376 g/mol. The van der Waals surface area contributed by atoms with Crippen molar-refractivity contribution in [3.8, 4) is 11.4 Å². The summed E-state index contributed by atoms with van der Waals surface area (Å²) in [5, 5.41) is 14.5. The Kier molecular flexibility index (Phi) is 4.55. The Morgan fingerprint density at radius 2 is 1.86 bits per heavy atom. The van der Waals surface area contributed by atoms with Crippen LogP contribution in [0.25, 0.3) is 11.4 Å². The van der Waals surface area contributed by atoms with Crippen molar-refractivity contribution in [3.63, 3.8) is 0 Å². The van der Waals surface area contributed by atoms with Gasteiger partial charge in [-0.05, 0) is 36.4 Å². The number of nitrogens with zero attached hydrogens (tertiary/aromatic N) is 2. The second-order valence-electron chi connectivity index (χ2n) is 6.22. The first-order valence-electron chi connectivity index (χ1n) is 8.56. The molecular weight excluding hydrogens is 360 g/mol. The van der Waals surface area contributed by atoms with E-state index in [1.54, 1.807) is 48.5 Å². The number of H-pyrrole nitrogens is 1. The molecule has 1 atom stereocenters. The van der Waals surface area contributed by atoms with Gasteiger partial charge in [0.15, 0.2) is 5.82 Å². The van der Waals surface area contributed by atoms with Crippen molar-refractivity contribution in [3.05, 3.63) is 60.4 Å². The molecule has 2 heterocycles. The molecule has 0 fully saturated rings. The third-order valence-corrected chi connectivity index (χ3v) is 4.30. The molecule has 3 aromatic rings. The SMILES string of the molecule is O=C(C[C@@H]1NC(=O)c2ccccc2NC1=O)Nc1ccc(-c2ncn[nH]2)cc1. The summed E-state index contributed by atoms with van der Waals surface area (Å²) in [7, 11) is 0. The highest BCUT2D eigenvalue weighted by molar-refractivity contribution is 6.11. The Balaban J connectivity index is 1.41. The normalized spacial score (nSPS) is 15.8. The van der Waals surface area contributed by atoms with Crippen molar-refractivity contribution >= 4 is 29.1 Å². The Morgan fingerprint density at radius 3 is 2.61 bits per heavy atom. The molecule has 4 N–H and O–H groups in total.